The second kappa shape index (κ2) is 9.01. The van der Waals surface area contributed by atoms with Crippen LogP contribution >= 0.6 is 0 Å². The lowest BCUT2D eigenvalue weighted by molar-refractivity contribution is 0.0433. The van der Waals surface area contributed by atoms with Crippen LogP contribution < -0.4 is 0 Å². The molecule has 0 saturated carbocycles. The van der Waals surface area contributed by atoms with E-state index >= 15 is 0 Å². The number of morpholine rings is 1. The highest BCUT2D eigenvalue weighted by Gasteiger charge is 2.20. The van der Waals surface area contributed by atoms with Crippen molar-refractivity contribution in [2.75, 3.05) is 39.4 Å². The van der Waals surface area contributed by atoms with Crippen molar-refractivity contribution in [2.45, 2.75) is 18.7 Å². The van der Waals surface area contributed by atoms with Crippen LogP contribution in [0.2, 0.25) is 0 Å². The first-order valence-electron chi connectivity index (χ1n) is 8.20. The quantitative estimate of drug-likeness (QED) is 0.709. The minimum Gasteiger partial charge on any atom is -0.379 e. The second-order valence-electron chi connectivity index (χ2n) is 5.75. The molecule has 132 valence electrons. The van der Waals surface area contributed by atoms with E-state index < -0.39 is 10.0 Å². The van der Waals surface area contributed by atoms with Gasteiger partial charge in [0.15, 0.2) is 0 Å². The van der Waals surface area contributed by atoms with E-state index in [-0.39, 0.29) is 0 Å². The van der Waals surface area contributed by atoms with Crippen LogP contribution in [0.4, 0.5) is 0 Å². The fourth-order valence-electron chi connectivity index (χ4n) is 2.39. The van der Waals surface area contributed by atoms with Crippen LogP contribution in [0, 0.1) is 6.92 Å². The molecule has 1 aromatic rings. The number of hydrogen-bond acceptors (Lipinski definition) is 4. The molecule has 1 fully saturated rings. The molecule has 0 bridgehead atoms. The number of allylic oxidation sites excluding steroid dienone is 1. The van der Waals surface area contributed by atoms with Crippen LogP contribution in [-0.4, -0.2) is 57.0 Å². The van der Waals surface area contributed by atoms with Gasteiger partial charge < -0.3 is 4.74 Å². The predicted octanol–water partition coefficient (Wildman–Crippen LogP) is 2.41. The summed E-state index contributed by atoms with van der Waals surface area (Å²) in [5.74, 6) is 0. The van der Waals surface area contributed by atoms with E-state index in [1.54, 1.807) is 18.3 Å². The van der Waals surface area contributed by atoms with Crippen LogP contribution in [0.15, 0.2) is 53.6 Å². The Morgan fingerprint density at radius 2 is 1.83 bits per heavy atom. The van der Waals surface area contributed by atoms with E-state index in [0.717, 1.165) is 38.4 Å². The largest absolute Gasteiger partial charge is 0.379 e. The SMILES string of the molecule is C/C=C/CN(/C=C/CN1CCOCC1)S(=O)(=O)c1ccc(C)cc1. The number of ether oxygens (including phenoxy) is 1. The first-order valence-corrected chi connectivity index (χ1v) is 9.64. The summed E-state index contributed by atoms with van der Waals surface area (Å²) in [6.07, 6.45) is 7.27. The molecule has 1 heterocycles. The van der Waals surface area contributed by atoms with Crippen molar-refractivity contribution in [3.63, 3.8) is 0 Å². The van der Waals surface area contributed by atoms with Crippen LogP contribution in [0.5, 0.6) is 0 Å². The predicted molar refractivity (Wildman–Crippen MR) is 96.3 cm³/mol. The van der Waals surface area contributed by atoms with Gasteiger partial charge in [0.05, 0.1) is 24.7 Å². The molecule has 5 nitrogen and oxygen atoms in total. The molecule has 1 saturated heterocycles. The Bertz CT molecular complexity index is 660. The topological polar surface area (TPSA) is 49.9 Å². The Hall–Kier alpha value is -1.63. The average Bonchev–Trinajstić information content (AvgIpc) is 2.59. The Balaban J connectivity index is 2.12. The summed E-state index contributed by atoms with van der Waals surface area (Å²) >= 11 is 0. The molecule has 0 N–H and O–H groups in total. The number of rotatable bonds is 7. The van der Waals surface area contributed by atoms with E-state index in [1.807, 2.05) is 44.2 Å². The molecule has 6 heteroatoms. The van der Waals surface area contributed by atoms with Crippen LogP contribution in [0.3, 0.4) is 0 Å². The Kier molecular flexibility index (Phi) is 7.02. The van der Waals surface area contributed by atoms with Gasteiger partial charge in [-0.15, -0.1) is 0 Å². The Labute approximate surface area is 145 Å². The summed E-state index contributed by atoms with van der Waals surface area (Å²) < 4.78 is 32.4. The highest BCUT2D eigenvalue weighted by Crippen LogP contribution is 2.17. The molecule has 0 aliphatic carbocycles. The van der Waals surface area contributed by atoms with Gasteiger partial charge in [-0.05, 0) is 26.0 Å². The lowest BCUT2D eigenvalue weighted by Gasteiger charge is -2.25. The highest BCUT2D eigenvalue weighted by atomic mass is 32.2. The standard InChI is InChI=1S/C18H26N2O3S/c1-3-4-11-20(12-5-10-19-13-15-23-16-14-19)24(21,22)18-8-6-17(2)7-9-18/h3-9,12H,10-11,13-16H2,1-2H3/b4-3+,12-5+. The van der Waals surface area contributed by atoms with Crippen molar-refractivity contribution in [3.8, 4) is 0 Å². The molecule has 0 amide bonds. The number of nitrogens with zero attached hydrogens (tertiary/aromatic N) is 2. The van der Waals surface area contributed by atoms with Crippen molar-refractivity contribution in [1.82, 2.24) is 9.21 Å². The summed E-state index contributed by atoms with van der Waals surface area (Å²) in [5.41, 5.74) is 1.04. The van der Waals surface area contributed by atoms with Crippen molar-refractivity contribution in [1.29, 1.82) is 0 Å². The second-order valence-corrected chi connectivity index (χ2v) is 7.65. The monoisotopic (exact) mass is 350 g/mol. The van der Waals surface area contributed by atoms with E-state index in [9.17, 15) is 8.42 Å². The van der Waals surface area contributed by atoms with Crippen molar-refractivity contribution >= 4 is 10.0 Å². The van der Waals surface area contributed by atoms with Gasteiger partial charge in [0.25, 0.3) is 10.0 Å². The average molecular weight is 350 g/mol. The van der Waals surface area contributed by atoms with Crippen LogP contribution in [-0.2, 0) is 14.8 Å². The van der Waals surface area contributed by atoms with Gasteiger partial charge in [0.2, 0.25) is 0 Å². The summed E-state index contributed by atoms with van der Waals surface area (Å²) in [6.45, 7) is 8.10. The molecule has 1 aromatic carbocycles. The Morgan fingerprint density at radius 1 is 1.17 bits per heavy atom. The third-order valence-electron chi connectivity index (χ3n) is 3.89. The summed E-state index contributed by atoms with van der Waals surface area (Å²) in [6, 6.07) is 6.95. The molecule has 24 heavy (non-hydrogen) atoms. The minimum atomic E-state index is -3.54. The molecule has 1 aliphatic heterocycles. The lowest BCUT2D eigenvalue weighted by atomic mass is 10.2. The molecule has 0 unspecified atom stereocenters. The third kappa shape index (κ3) is 5.19. The molecular formula is C18H26N2O3S. The van der Waals surface area contributed by atoms with E-state index in [2.05, 4.69) is 4.90 Å². The number of aryl methyl sites for hydroxylation is 1. The molecule has 1 aliphatic rings. The molecule has 2 rings (SSSR count). The maximum atomic E-state index is 12.8. The number of benzene rings is 1. The third-order valence-corrected chi connectivity index (χ3v) is 5.64. The van der Waals surface area contributed by atoms with Crippen molar-refractivity contribution in [2.24, 2.45) is 0 Å². The highest BCUT2D eigenvalue weighted by molar-refractivity contribution is 7.89. The molecule has 0 atom stereocenters. The zero-order valence-corrected chi connectivity index (χ0v) is 15.2. The van der Waals surface area contributed by atoms with Gasteiger partial charge in [-0.1, -0.05) is 35.9 Å². The first kappa shape index (κ1) is 18.7. The maximum absolute atomic E-state index is 12.8. The molecule has 0 radical (unpaired) electrons. The molecule has 0 spiro atoms. The van der Waals surface area contributed by atoms with Crippen molar-refractivity contribution in [3.05, 3.63) is 54.3 Å². The van der Waals surface area contributed by atoms with Gasteiger partial charge in [-0.25, -0.2) is 8.42 Å². The molecule has 0 aromatic heterocycles. The summed E-state index contributed by atoms with van der Waals surface area (Å²) in [5, 5.41) is 0. The van der Waals surface area contributed by atoms with Crippen molar-refractivity contribution < 1.29 is 13.2 Å². The lowest BCUT2D eigenvalue weighted by Crippen LogP contribution is -2.36. The van der Waals surface area contributed by atoms with Crippen LogP contribution in [0.25, 0.3) is 0 Å². The maximum Gasteiger partial charge on any atom is 0.264 e. The van der Waals surface area contributed by atoms with E-state index in [1.165, 1.54) is 4.31 Å². The van der Waals surface area contributed by atoms with Gasteiger partial charge >= 0.3 is 0 Å². The fraction of sp³-hybridized carbons (Fsp3) is 0.444. The van der Waals surface area contributed by atoms with Gasteiger partial charge in [0.1, 0.15) is 0 Å². The number of sulfonamides is 1. The zero-order chi connectivity index (χ0) is 17.4. The number of hydrogen-bond donors (Lipinski definition) is 0. The Morgan fingerprint density at radius 3 is 2.46 bits per heavy atom. The smallest absolute Gasteiger partial charge is 0.264 e. The first-order chi connectivity index (χ1) is 11.5. The van der Waals surface area contributed by atoms with E-state index in [4.69, 9.17) is 4.74 Å². The van der Waals surface area contributed by atoms with Gasteiger partial charge in [-0.3, -0.25) is 9.21 Å². The zero-order valence-electron chi connectivity index (χ0n) is 14.4. The van der Waals surface area contributed by atoms with E-state index in [0.29, 0.717) is 11.4 Å². The van der Waals surface area contributed by atoms with Gasteiger partial charge in [-0.2, -0.15) is 0 Å². The van der Waals surface area contributed by atoms with Gasteiger partial charge in [0, 0.05) is 25.8 Å². The van der Waals surface area contributed by atoms with Crippen LogP contribution in [0.1, 0.15) is 12.5 Å². The minimum absolute atomic E-state index is 0.314. The summed E-state index contributed by atoms with van der Waals surface area (Å²) in [4.78, 5) is 2.56. The fourth-order valence-corrected chi connectivity index (χ4v) is 3.67. The normalized spacial score (nSPS) is 16.9. The summed E-state index contributed by atoms with van der Waals surface area (Å²) in [7, 11) is -3.54. The molecular weight excluding hydrogens is 324 g/mol.